The first-order valence-corrected chi connectivity index (χ1v) is 14.2. The van der Waals surface area contributed by atoms with Crippen molar-refractivity contribution in [2.24, 2.45) is 0 Å². The van der Waals surface area contributed by atoms with Crippen molar-refractivity contribution in [3.63, 3.8) is 0 Å². The summed E-state index contributed by atoms with van der Waals surface area (Å²) in [6.45, 7) is 8.48. The summed E-state index contributed by atoms with van der Waals surface area (Å²) >= 11 is 0. The SMILES string of the molecule is CCN(CC)C(=O)c1ccc(C(=C2CC3CCC(C2)N3Cc2ccc(OC)c(C)c2)c2cccc(O)c2)cc1. The van der Waals surface area contributed by atoms with Crippen LogP contribution in [0.4, 0.5) is 0 Å². The molecule has 5 rings (SSSR count). The highest BCUT2D eigenvalue weighted by molar-refractivity contribution is 5.95. The van der Waals surface area contributed by atoms with Gasteiger partial charge in [0.25, 0.3) is 5.91 Å². The van der Waals surface area contributed by atoms with E-state index in [0.29, 0.717) is 30.7 Å². The van der Waals surface area contributed by atoms with Gasteiger partial charge in [0.05, 0.1) is 7.11 Å². The van der Waals surface area contributed by atoms with Crippen molar-refractivity contribution in [3.8, 4) is 11.5 Å². The van der Waals surface area contributed by atoms with Crippen LogP contribution in [-0.4, -0.2) is 53.1 Å². The number of phenolic OH excluding ortho intramolecular Hbond substituents is 1. The van der Waals surface area contributed by atoms with Crippen LogP contribution in [0.5, 0.6) is 11.5 Å². The molecule has 0 radical (unpaired) electrons. The molecule has 2 bridgehead atoms. The number of aromatic hydroxyl groups is 1. The number of carbonyl (C=O) groups is 1. The Bertz CT molecular complexity index is 1340. The number of piperidine rings is 1. The number of rotatable bonds is 8. The fourth-order valence-electron chi connectivity index (χ4n) is 6.53. The van der Waals surface area contributed by atoms with Gasteiger partial charge in [0, 0.05) is 37.3 Å². The second-order valence-corrected chi connectivity index (χ2v) is 10.9. The van der Waals surface area contributed by atoms with Crippen LogP contribution >= 0.6 is 0 Å². The van der Waals surface area contributed by atoms with E-state index in [1.807, 2.05) is 43.0 Å². The Morgan fingerprint density at radius 1 is 0.923 bits per heavy atom. The van der Waals surface area contributed by atoms with Crippen molar-refractivity contribution in [3.05, 3.63) is 100 Å². The highest BCUT2D eigenvalue weighted by Gasteiger charge is 2.39. The topological polar surface area (TPSA) is 53.0 Å². The van der Waals surface area contributed by atoms with E-state index in [2.05, 4.69) is 48.2 Å². The Hall–Kier alpha value is -3.57. The molecule has 0 aliphatic carbocycles. The lowest BCUT2D eigenvalue weighted by atomic mass is 9.85. The summed E-state index contributed by atoms with van der Waals surface area (Å²) in [6, 6.07) is 23.2. The zero-order chi connectivity index (χ0) is 27.5. The number of nitrogens with zero attached hydrogens (tertiary/aromatic N) is 2. The average Bonchev–Trinajstić information content (AvgIpc) is 3.16. The van der Waals surface area contributed by atoms with Crippen LogP contribution in [0.3, 0.4) is 0 Å². The first kappa shape index (κ1) is 27.0. The van der Waals surface area contributed by atoms with Gasteiger partial charge in [0.2, 0.25) is 0 Å². The summed E-state index contributed by atoms with van der Waals surface area (Å²) in [4.78, 5) is 17.4. The number of hydrogen-bond acceptors (Lipinski definition) is 4. The Kier molecular flexibility index (Phi) is 8.08. The zero-order valence-corrected chi connectivity index (χ0v) is 23.6. The van der Waals surface area contributed by atoms with Gasteiger partial charge in [-0.25, -0.2) is 0 Å². The molecule has 2 unspecified atom stereocenters. The first-order chi connectivity index (χ1) is 18.9. The fourth-order valence-corrected chi connectivity index (χ4v) is 6.53. The monoisotopic (exact) mass is 524 g/mol. The maximum Gasteiger partial charge on any atom is 0.253 e. The molecule has 3 aromatic rings. The maximum absolute atomic E-state index is 12.9. The van der Waals surface area contributed by atoms with Crippen LogP contribution in [0, 0.1) is 6.92 Å². The normalized spacial score (nSPS) is 18.7. The van der Waals surface area contributed by atoms with E-state index in [-0.39, 0.29) is 11.7 Å². The fraction of sp³-hybridized carbons (Fsp3) is 0.382. The second-order valence-electron chi connectivity index (χ2n) is 10.9. The van der Waals surface area contributed by atoms with Crippen LogP contribution in [0.2, 0.25) is 0 Å². The highest BCUT2D eigenvalue weighted by Crippen LogP contribution is 2.44. The molecule has 0 spiro atoms. The minimum absolute atomic E-state index is 0.0678. The predicted molar refractivity (Wildman–Crippen MR) is 157 cm³/mol. The number of ether oxygens (including phenoxy) is 1. The van der Waals surface area contributed by atoms with E-state index in [9.17, 15) is 9.90 Å². The third kappa shape index (κ3) is 5.60. The van der Waals surface area contributed by atoms with Crippen molar-refractivity contribution in [2.75, 3.05) is 20.2 Å². The van der Waals surface area contributed by atoms with Crippen LogP contribution in [0.15, 0.2) is 72.3 Å². The van der Waals surface area contributed by atoms with Crippen LogP contribution in [-0.2, 0) is 6.54 Å². The standard InChI is InChI=1S/C34H40N2O3/c1-5-35(6-2)34(38)26-13-11-25(12-14-26)33(27-8-7-9-31(37)21-27)28-19-29-15-16-30(20-28)36(29)22-24-10-17-32(39-4)23(3)18-24/h7-14,17-18,21,29-30,37H,5-6,15-16,19-20,22H2,1-4H3. The number of carbonyl (C=O) groups excluding carboxylic acids is 1. The van der Waals surface area contributed by atoms with Crippen molar-refractivity contribution in [1.82, 2.24) is 9.80 Å². The summed E-state index contributed by atoms with van der Waals surface area (Å²) in [7, 11) is 1.72. The molecule has 2 aliphatic heterocycles. The van der Waals surface area contributed by atoms with Gasteiger partial charge >= 0.3 is 0 Å². The third-order valence-electron chi connectivity index (χ3n) is 8.52. The molecule has 5 nitrogen and oxygen atoms in total. The van der Waals surface area contributed by atoms with Gasteiger partial charge in [-0.3, -0.25) is 9.69 Å². The van der Waals surface area contributed by atoms with E-state index in [4.69, 9.17) is 4.74 Å². The molecule has 0 saturated carbocycles. The molecule has 2 saturated heterocycles. The van der Waals surface area contributed by atoms with Crippen LogP contribution in [0.25, 0.3) is 5.57 Å². The first-order valence-electron chi connectivity index (χ1n) is 14.2. The van der Waals surface area contributed by atoms with Crippen LogP contribution in [0.1, 0.15) is 72.1 Å². The van der Waals surface area contributed by atoms with Gasteiger partial charge in [0.15, 0.2) is 0 Å². The van der Waals surface area contributed by atoms with E-state index < -0.39 is 0 Å². The van der Waals surface area contributed by atoms with Gasteiger partial charge in [-0.15, -0.1) is 0 Å². The summed E-state index contributed by atoms with van der Waals surface area (Å²) < 4.78 is 5.46. The molecule has 1 N–H and O–H groups in total. The minimum atomic E-state index is 0.0678. The Morgan fingerprint density at radius 3 is 2.18 bits per heavy atom. The summed E-state index contributed by atoms with van der Waals surface area (Å²) in [5.74, 6) is 1.28. The lowest BCUT2D eigenvalue weighted by Crippen LogP contribution is -2.40. The quantitative estimate of drug-likeness (QED) is 0.351. The Morgan fingerprint density at radius 2 is 1.59 bits per heavy atom. The van der Waals surface area contributed by atoms with E-state index in [1.54, 1.807) is 13.2 Å². The molecular weight excluding hydrogens is 484 g/mol. The van der Waals surface area contributed by atoms with Gasteiger partial charge in [0.1, 0.15) is 11.5 Å². The average molecular weight is 525 g/mol. The molecule has 3 aromatic carbocycles. The molecule has 1 amide bonds. The van der Waals surface area contributed by atoms with Crippen LogP contribution < -0.4 is 4.74 Å². The lowest BCUT2D eigenvalue weighted by molar-refractivity contribution is 0.0773. The van der Waals surface area contributed by atoms with Crippen molar-refractivity contribution >= 4 is 11.5 Å². The Labute approximate surface area is 232 Å². The number of amides is 1. The van der Waals surface area contributed by atoms with Crippen molar-refractivity contribution in [1.29, 1.82) is 0 Å². The second kappa shape index (κ2) is 11.7. The number of hydrogen-bond donors (Lipinski definition) is 1. The number of fused-ring (bicyclic) bond motifs is 2. The summed E-state index contributed by atoms with van der Waals surface area (Å²) in [6.07, 6.45) is 4.43. The van der Waals surface area contributed by atoms with Gasteiger partial charge in [-0.05, 0) is 105 Å². The molecule has 39 heavy (non-hydrogen) atoms. The summed E-state index contributed by atoms with van der Waals surface area (Å²) in [5, 5.41) is 10.3. The highest BCUT2D eigenvalue weighted by atomic mass is 16.5. The summed E-state index contributed by atoms with van der Waals surface area (Å²) in [5.41, 5.74) is 8.00. The number of aryl methyl sites for hydroxylation is 1. The smallest absolute Gasteiger partial charge is 0.253 e. The van der Waals surface area contributed by atoms with Gasteiger partial charge in [-0.2, -0.15) is 0 Å². The molecule has 2 aliphatic rings. The third-order valence-corrected chi connectivity index (χ3v) is 8.52. The van der Waals surface area contributed by atoms with Crippen molar-refractivity contribution in [2.45, 2.75) is 65.1 Å². The molecule has 204 valence electrons. The van der Waals surface area contributed by atoms with E-state index in [1.165, 1.54) is 35.1 Å². The largest absolute Gasteiger partial charge is 0.508 e. The zero-order valence-electron chi connectivity index (χ0n) is 23.6. The Balaban J connectivity index is 1.46. The van der Waals surface area contributed by atoms with Crippen molar-refractivity contribution < 1.29 is 14.6 Å². The molecule has 2 fully saturated rings. The minimum Gasteiger partial charge on any atom is -0.508 e. The molecule has 0 aromatic heterocycles. The predicted octanol–water partition coefficient (Wildman–Crippen LogP) is 6.82. The number of benzene rings is 3. The molecule has 5 heteroatoms. The number of phenols is 1. The number of methoxy groups -OCH3 is 1. The molecule has 2 heterocycles. The van der Waals surface area contributed by atoms with E-state index in [0.717, 1.165) is 36.3 Å². The molecular formula is C34H40N2O3. The lowest BCUT2D eigenvalue weighted by Gasteiger charge is -2.37. The molecule has 2 atom stereocenters. The van der Waals surface area contributed by atoms with Gasteiger partial charge < -0.3 is 14.7 Å². The van der Waals surface area contributed by atoms with E-state index >= 15 is 0 Å². The maximum atomic E-state index is 12.9. The van der Waals surface area contributed by atoms with Gasteiger partial charge in [-0.1, -0.05) is 42.0 Å².